The standard InChI is InChI=1S/C71H97N16O40P7S7/c1-30-17-81(65(93)74-58(30)72)52-11-39(122-128(100,135)107-9)45(115-52)24-109-130(102,137)125-42-14-55(85-21-34(5)62(90)78-69(85)97)118-48(42)27-111-131(103,138)123-40-12-53(82-18-31(2)59(73)75-66(82)94)116-47(40)26-110-132(104,139)126-43-15-56(86-22-35(6)63(91)79-70(86)98)120-50(43)29-113-134(106,141)127-44-16-57(87-23-36(7)64(92)80-71(87)99)119-49(44)28-112-133(105,140)124-41-13-54(84-20-33(4)61(89)77-68(84)96)117-46(41)25-108-129(101,136)121-38-10-51(114-37(38)8)83-19-32(3)60(88)76-67(83)95/h17-23,37-57H,10-16,24-29H2,1-9H3,(H,100,135)(H,101,136)(H,102,137)(H,103,138)(H,104,139)(H,105,140)(H,106,141)(H2,72,74,93)(H2,73,75,94)(H,76,88,95)(H,77,89,96)(H,78,90,97)(H,79,91,98)(H,80,92,99)/p-6/t37-,38?,39?,40?,41?,42?,43?,44?,45-,46-,47-,48-,49-,50-,51-,52-,53-,54-,55-,56-,57-,128?,129?,130?,131?,132?,133?,134?/m1/s1. The first kappa shape index (κ1) is 111. The molecular weight excluding hydrogens is 2160 g/mol. The third-order valence-corrected chi connectivity index (χ3v) is 34.2. The first-order valence-corrected chi connectivity index (χ1v) is 60.1. The molecule has 0 bridgehead atoms. The van der Waals surface area contributed by atoms with Crippen LogP contribution in [0, 0.1) is 48.5 Å². The zero-order chi connectivity index (χ0) is 103. The van der Waals surface area contributed by atoms with Crippen molar-refractivity contribution in [1.82, 2.24) is 66.9 Å². The number of anilines is 2. The zero-order valence-electron chi connectivity index (χ0n) is 74.9. The number of nitrogens with one attached hydrogen (secondary N) is 5. The summed E-state index contributed by atoms with van der Waals surface area (Å²) >= 11 is 37.6. The number of aromatic amines is 5. The Morgan fingerprint density at radius 2 is 0.574 bits per heavy atom. The lowest BCUT2D eigenvalue weighted by Gasteiger charge is -2.36. The lowest BCUT2D eigenvalue weighted by atomic mass is 10.2. The van der Waals surface area contributed by atoms with Gasteiger partial charge in [0.25, 0.3) is 27.8 Å². The molecule has 7 saturated heterocycles. The predicted octanol–water partition coefficient (Wildman–Crippen LogP) is -3.15. The summed E-state index contributed by atoms with van der Waals surface area (Å²) in [6.07, 6.45) is -24.2. The minimum Gasteiger partial charge on any atom is -0.780 e. The van der Waals surface area contributed by atoms with Crippen molar-refractivity contribution in [2.24, 2.45) is 0 Å². The molecule has 0 amide bonds. The van der Waals surface area contributed by atoms with Gasteiger partial charge in [-0.3, -0.25) is 85.4 Å². The summed E-state index contributed by atoms with van der Waals surface area (Å²) in [5.74, 6) is -0.256. The van der Waals surface area contributed by atoms with Gasteiger partial charge >= 0.3 is 46.5 Å². The van der Waals surface area contributed by atoms with E-state index in [9.17, 15) is 91.5 Å². The molecule has 7 aromatic rings. The van der Waals surface area contributed by atoms with Crippen molar-refractivity contribution in [1.29, 1.82) is 0 Å². The lowest BCUT2D eigenvalue weighted by molar-refractivity contribution is -0.221. The second kappa shape index (κ2) is 44.5. The Labute approximate surface area is 828 Å². The van der Waals surface area contributed by atoms with Gasteiger partial charge in [0.15, 0.2) is 6.80 Å². The first-order valence-electron chi connectivity index (χ1n) is 42.2. The van der Waals surface area contributed by atoms with E-state index in [4.69, 9.17) is 191 Å². The summed E-state index contributed by atoms with van der Waals surface area (Å²) in [5.41, 5.74) is 2.30. The van der Waals surface area contributed by atoms with Crippen LogP contribution in [0.3, 0.4) is 0 Å². The van der Waals surface area contributed by atoms with E-state index in [2.05, 4.69) is 34.9 Å². The first-order chi connectivity index (χ1) is 65.9. The SMILES string of the molecule is COP([O-])(=S)OC1C[C@H](n2cc(C)c(N)nc2=O)O[C@@H]1COP([O-])(=S)OC1C[C@H](n2cc(C)c(=O)[nH]c2=O)O[C@@H]1COP([O-])(=S)OC1C[C@H](n2cc(C)c(N)nc2=O)O[C@@H]1COP([O-])(=S)OC1C[C@H](n2cc(C)c(=O)[nH]c2=O)O[C@@H]1COP(=O)([S-])OC1C[C@H](n2cc(C)c(=O)[nH]c2=O)O[C@@H]1COP([O-])(=S)OC1C[C@H](n2cc(C)c(=O)[nH]c2=O)O[C@@H]1COP(O)(=S)OC1C[C@H](n2cc(C)c(=O)[nH]c2=O)O[C@@H]1C. The minimum atomic E-state index is -5.09. The van der Waals surface area contributed by atoms with Crippen molar-refractivity contribution in [3.63, 3.8) is 0 Å². The van der Waals surface area contributed by atoms with Crippen LogP contribution in [0.5, 0.6) is 0 Å². The molecule has 10 N–H and O–H groups in total. The maximum Gasteiger partial charge on any atom is 0.351 e. The van der Waals surface area contributed by atoms with Crippen LogP contribution in [0.2, 0.25) is 0 Å². The number of nitrogen functional groups attached to an aromatic ring is 2. The molecule has 778 valence electrons. The van der Waals surface area contributed by atoms with Gasteiger partial charge in [-0.25, -0.2) is 33.6 Å². The maximum absolute atomic E-state index is 14.9. The van der Waals surface area contributed by atoms with E-state index in [0.29, 0.717) is 5.56 Å². The summed E-state index contributed by atoms with van der Waals surface area (Å²) in [5, 5.41) is 0. The Kier molecular flexibility index (Phi) is 35.0. The van der Waals surface area contributed by atoms with Gasteiger partial charge in [-0.2, -0.15) is 9.97 Å². The molecule has 0 aromatic carbocycles. The summed E-state index contributed by atoms with van der Waals surface area (Å²) < 4.78 is 146. The van der Waals surface area contributed by atoms with Crippen molar-refractivity contribution >= 4 is 142 Å². The fourth-order valence-corrected chi connectivity index (χ4v) is 25.6. The van der Waals surface area contributed by atoms with Gasteiger partial charge in [-0.05, 0) is 67.2 Å². The molecule has 7 fully saturated rings. The van der Waals surface area contributed by atoms with Crippen LogP contribution in [0.15, 0.2) is 101 Å². The van der Waals surface area contributed by atoms with Crippen LogP contribution in [0.4, 0.5) is 11.6 Å². The summed E-state index contributed by atoms with van der Waals surface area (Å²) in [4.78, 5) is 257. The predicted molar refractivity (Wildman–Crippen MR) is 501 cm³/mol. The van der Waals surface area contributed by atoms with Crippen LogP contribution in [-0.4, -0.2) is 204 Å². The van der Waals surface area contributed by atoms with Gasteiger partial charge in [-0.15, -0.1) is 0 Å². The quantitative estimate of drug-likeness (QED) is 0.0139. The van der Waals surface area contributed by atoms with Crippen LogP contribution in [0.1, 0.15) is 134 Å². The van der Waals surface area contributed by atoms with Crippen molar-refractivity contribution in [2.45, 2.75) is 229 Å². The molecule has 56 nitrogen and oxygen atoms in total. The molecular formula is C71H91N16O40P7S7-6. The van der Waals surface area contributed by atoms with E-state index in [1.807, 2.05) is 0 Å². The van der Waals surface area contributed by atoms with Crippen molar-refractivity contribution < 1.29 is 130 Å². The number of rotatable bonds is 40. The van der Waals surface area contributed by atoms with Gasteiger partial charge in [-0.1, -0.05) is 59.0 Å². The maximum atomic E-state index is 14.9. The molecule has 14 unspecified atom stereocenters. The third-order valence-electron chi connectivity index (χ3n) is 23.1. The molecule has 70 heteroatoms. The van der Waals surface area contributed by atoms with E-state index < -0.39 is 316 Å². The summed E-state index contributed by atoms with van der Waals surface area (Å²) in [7, 11) is 1.02. The number of ether oxygens (including phenoxy) is 7. The van der Waals surface area contributed by atoms with Gasteiger partial charge in [0.05, 0.1) is 88.5 Å². The second-order valence-corrected chi connectivity index (χ2v) is 52.4. The highest BCUT2D eigenvalue weighted by Crippen LogP contribution is 2.57. The smallest absolute Gasteiger partial charge is 0.351 e. The number of nitrogens with zero attached hydrogens (tertiary/aromatic N) is 9. The molecule has 7 aliphatic rings. The monoisotopic (exact) mass is 2250 g/mol. The van der Waals surface area contributed by atoms with Gasteiger partial charge in [0.2, 0.25) is 0 Å². The Morgan fingerprint density at radius 1 is 0.355 bits per heavy atom. The number of hydrogen-bond donors (Lipinski definition) is 8. The van der Waals surface area contributed by atoms with Crippen molar-refractivity contribution in [2.75, 3.05) is 58.2 Å². The van der Waals surface area contributed by atoms with Crippen molar-refractivity contribution in [3.05, 3.63) is 207 Å². The Bertz CT molecular complexity index is 7080. The summed E-state index contributed by atoms with van der Waals surface area (Å²) in [6, 6.07) is 0. The number of nitrogens with two attached hydrogens (primary N) is 2. The minimum absolute atomic E-state index is 0.00615. The highest BCUT2D eigenvalue weighted by Gasteiger charge is 2.49. The molecule has 7 aliphatic heterocycles. The number of aromatic nitrogens is 14. The normalized spacial score (nSPS) is 29.9. The largest absolute Gasteiger partial charge is 0.780 e. The molecule has 0 spiro atoms. The topological polar surface area (TPSA) is 743 Å². The van der Waals surface area contributed by atoms with Gasteiger partial charge < -0.3 is 150 Å². The van der Waals surface area contributed by atoms with E-state index >= 15 is 0 Å². The number of aryl methyl sites for hydroxylation is 7. The van der Waals surface area contributed by atoms with Gasteiger partial charge in [0.1, 0.15) is 125 Å². The fraction of sp³-hybridized carbons (Fsp3) is 0.606. The summed E-state index contributed by atoms with van der Waals surface area (Å²) in [6.45, 7) is -27.5. The van der Waals surface area contributed by atoms with E-state index in [-0.39, 0.29) is 57.9 Å². The molecule has 14 heterocycles. The van der Waals surface area contributed by atoms with Crippen molar-refractivity contribution in [3.8, 4) is 0 Å². The van der Waals surface area contributed by atoms with Crippen LogP contribution in [0.25, 0.3) is 0 Å². The van der Waals surface area contributed by atoms with E-state index in [1.165, 1.54) is 60.1 Å². The highest BCUT2D eigenvalue weighted by molar-refractivity contribution is 8.32. The molecule has 0 saturated carbocycles. The highest BCUT2D eigenvalue weighted by atomic mass is 32.7. The number of hydrogen-bond acceptors (Lipinski definition) is 50. The van der Waals surface area contributed by atoms with Gasteiger partial charge in [0, 0.05) is 134 Å². The molecule has 7 aromatic heterocycles. The molecule has 0 radical (unpaired) electrons. The fourth-order valence-electron chi connectivity index (χ4n) is 15.8. The van der Waals surface area contributed by atoms with Crippen LogP contribution in [-0.2, 0) is 184 Å². The average molecular weight is 2250 g/mol. The molecule has 14 rings (SSSR count). The third kappa shape index (κ3) is 27.5. The Balaban J connectivity index is 0.664. The Hall–Kier alpha value is -5.84. The molecule has 0 aliphatic carbocycles. The Morgan fingerprint density at radius 3 is 0.844 bits per heavy atom. The number of H-pyrrole nitrogens is 5. The lowest BCUT2D eigenvalue weighted by Crippen LogP contribution is -2.34. The average Bonchev–Trinajstić information content (AvgIpc) is 1.66. The molecule has 141 heavy (non-hydrogen) atoms. The molecule has 28 atom stereocenters. The zero-order valence-corrected chi connectivity index (χ0v) is 86.9. The van der Waals surface area contributed by atoms with E-state index in [0.717, 1.165) is 63.9 Å². The van der Waals surface area contributed by atoms with Crippen LogP contribution < -0.4 is 104 Å². The second-order valence-electron chi connectivity index (χ2n) is 33.2. The van der Waals surface area contributed by atoms with E-state index in [1.54, 1.807) is 13.8 Å². The van der Waals surface area contributed by atoms with Crippen LogP contribution >= 0.6 is 47.1 Å².